The molecule has 1 saturated carbocycles. The molecular formula is C19H27ClF2N2O4. The van der Waals surface area contributed by atoms with Crippen molar-refractivity contribution in [1.82, 2.24) is 4.90 Å². The van der Waals surface area contributed by atoms with E-state index in [0.29, 0.717) is 30.0 Å². The van der Waals surface area contributed by atoms with Gasteiger partial charge in [-0.2, -0.15) is 8.78 Å². The van der Waals surface area contributed by atoms with Crippen LogP contribution in [0.2, 0.25) is 0 Å². The summed E-state index contributed by atoms with van der Waals surface area (Å²) in [5.74, 6) is 0.744. The third-order valence-corrected chi connectivity index (χ3v) is 5.48. The Morgan fingerprint density at radius 3 is 2.50 bits per heavy atom. The number of hydrogen-bond donors (Lipinski definition) is 1. The van der Waals surface area contributed by atoms with E-state index in [-0.39, 0.29) is 42.8 Å². The highest BCUT2D eigenvalue weighted by molar-refractivity contribution is 5.85. The van der Waals surface area contributed by atoms with Crippen LogP contribution in [0.4, 0.5) is 8.78 Å². The molecule has 1 heterocycles. The van der Waals surface area contributed by atoms with Crippen LogP contribution in [0.5, 0.6) is 17.2 Å². The van der Waals surface area contributed by atoms with Crippen molar-refractivity contribution < 1.29 is 27.8 Å². The van der Waals surface area contributed by atoms with E-state index >= 15 is 0 Å². The average molecular weight is 421 g/mol. The first-order valence-electron chi connectivity index (χ1n) is 9.24. The van der Waals surface area contributed by atoms with Crippen LogP contribution < -0.4 is 19.9 Å². The van der Waals surface area contributed by atoms with Crippen LogP contribution in [0, 0.1) is 5.41 Å². The van der Waals surface area contributed by atoms with Gasteiger partial charge in [-0.1, -0.05) is 19.3 Å². The molecule has 0 spiro atoms. The number of carbonyl (C=O) groups excluding carboxylic acids is 1. The SMILES string of the molecule is CN(Cc1cc2c(cc1OC(F)F)OCO2)C(=O)CC1(CN)CCCCC1.Cl. The number of amides is 1. The molecule has 0 bridgehead atoms. The summed E-state index contributed by atoms with van der Waals surface area (Å²) in [6.07, 6.45) is 5.62. The van der Waals surface area contributed by atoms with Gasteiger partial charge in [0.25, 0.3) is 0 Å². The molecule has 1 aromatic rings. The molecule has 1 aliphatic heterocycles. The van der Waals surface area contributed by atoms with Gasteiger partial charge in [0.15, 0.2) is 11.5 Å². The molecule has 0 radical (unpaired) electrons. The predicted molar refractivity (Wildman–Crippen MR) is 102 cm³/mol. The van der Waals surface area contributed by atoms with E-state index in [2.05, 4.69) is 4.74 Å². The van der Waals surface area contributed by atoms with E-state index in [1.54, 1.807) is 13.1 Å². The average Bonchev–Trinajstić information content (AvgIpc) is 3.09. The second-order valence-corrected chi connectivity index (χ2v) is 7.38. The second kappa shape index (κ2) is 9.60. The number of carbonyl (C=O) groups is 1. The standard InChI is InChI=1S/C19H26F2N2O4.ClH/c1-23(17(24)9-19(11-22)5-3-2-4-6-19)10-13-7-15-16(26-12-25-15)8-14(13)27-18(20)21;/h7-8,18H,2-6,9-12,22H2,1H3;1H. The number of nitrogens with zero attached hydrogens (tertiary/aromatic N) is 1. The van der Waals surface area contributed by atoms with Crippen LogP contribution in [0.1, 0.15) is 44.1 Å². The number of halogens is 3. The lowest BCUT2D eigenvalue weighted by Gasteiger charge is -2.36. The molecule has 1 aromatic carbocycles. The monoisotopic (exact) mass is 420 g/mol. The smallest absolute Gasteiger partial charge is 0.387 e. The van der Waals surface area contributed by atoms with Crippen LogP contribution in [-0.2, 0) is 11.3 Å². The predicted octanol–water partition coefficient (Wildman–Crippen LogP) is 3.70. The fourth-order valence-electron chi connectivity index (χ4n) is 3.85. The molecule has 6 nitrogen and oxygen atoms in total. The summed E-state index contributed by atoms with van der Waals surface area (Å²) in [4.78, 5) is 14.3. The van der Waals surface area contributed by atoms with Crippen LogP contribution in [0.15, 0.2) is 12.1 Å². The maximum Gasteiger partial charge on any atom is 0.387 e. The van der Waals surface area contributed by atoms with E-state index in [1.807, 2.05) is 0 Å². The molecule has 0 aromatic heterocycles. The molecule has 28 heavy (non-hydrogen) atoms. The van der Waals surface area contributed by atoms with Gasteiger partial charge in [-0.3, -0.25) is 4.79 Å². The fourth-order valence-corrected chi connectivity index (χ4v) is 3.85. The van der Waals surface area contributed by atoms with Gasteiger partial charge in [0.05, 0.1) is 0 Å². The summed E-state index contributed by atoms with van der Waals surface area (Å²) in [6, 6.07) is 2.97. The van der Waals surface area contributed by atoms with Gasteiger partial charge in [-0.05, 0) is 30.9 Å². The highest BCUT2D eigenvalue weighted by Crippen LogP contribution is 2.40. The van der Waals surface area contributed by atoms with Crippen LogP contribution >= 0.6 is 12.4 Å². The molecule has 0 saturated heterocycles. The number of hydrogen-bond acceptors (Lipinski definition) is 5. The molecule has 3 rings (SSSR count). The van der Waals surface area contributed by atoms with E-state index in [0.717, 1.165) is 25.7 Å². The quantitative estimate of drug-likeness (QED) is 0.728. The Morgan fingerprint density at radius 1 is 1.25 bits per heavy atom. The summed E-state index contributed by atoms with van der Waals surface area (Å²) >= 11 is 0. The molecule has 158 valence electrons. The zero-order chi connectivity index (χ0) is 19.4. The second-order valence-electron chi connectivity index (χ2n) is 7.38. The van der Waals surface area contributed by atoms with Crippen LogP contribution in [0.3, 0.4) is 0 Å². The highest BCUT2D eigenvalue weighted by atomic mass is 35.5. The third kappa shape index (κ3) is 5.17. The van der Waals surface area contributed by atoms with Gasteiger partial charge in [-0.15, -0.1) is 12.4 Å². The normalized spacial score (nSPS) is 17.2. The summed E-state index contributed by atoms with van der Waals surface area (Å²) in [5.41, 5.74) is 6.27. The van der Waals surface area contributed by atoms with Gasteiger partial charge in [0.1, 0.15) is 5.75 Å². The summed E-state index contributed by atoms with van der Waals surface area (Å²) in [5, 5.41) is 0. The minimum absolute atomic E-state index is 0. The van der Waals surface area contributed by atoms with Crippen molar-refractivity contribution >= 4 is 18.3 Å². The Morgan fingerprint density at radius 2 is 1.89 bits per heavy atom. The molecule has 9 heteroatoms. The largest absolute Gasteiger partial charge is 0.454 e. The van der Waals surface area contributed by atoms with Crippen molar-refractivity contribution in [2.45, 2.75) is 51.7 Å². The Hall–Kier alpha value is -1.80. The van der Waals surface area contributed by atoms with Crippen molar-refractivity contribution in [2.24, 2.45) is 11.1 Å². The first kappa shape index (κ1) is 22.5. The number of alkyl halides is 2. The van der Waals surface area contributed by atoms with Gasteiger partial charge in [0, 0.05) is 31.6 Å². The maximum absolute atomic E-state index is 12.8. The van der Waals surface area contributed by atoms with Crippen molar-refractivity contribution in [3.63, 3.8) is 0 Å². The zero-order valence-corrected chi connectivity index (χ0v) is 16.7. The minimum atomic E-state index is -2.96. The van der Waals surface area contributed by atoms with E-state index < -0.39 is 6.61 Å². The topological polar surface area (TPSA) is 74.0 Å². The number of nitrogens with two attached hydrogens (primary N) is 1. The van der Waals surface area contributed by atoms with Gasteiger partial charge in [0.2, 0.25) is 12.7 Å². The third-order valence-electron chi connectivity index (χ3n) is 5.48. The Bertz CT molecular complexity index is 684. The van der Waals surface area contributed by atoms with E-state index in [1.165, 1.54) is 17.4 Å². The minimum Gasteiger partial charge on any atom is -0.454 e. The van der Waals surface area contributed by atoms with E-state index in [4.69, 9.17) is 15.2 Å². The summed E-state index contributed by atoms with van der Waals surface area (Å²) < 4.78 is 40.7. The molecule has 1 aliphatic carbocycles. The fraction of sp³-hybridized carbons (Fsp3) is 0.632. The summed E-state index contributed by atoms with van der Waals surface area (Å²) in [7, 11) is 1.66. The van der Waals surface area contributed by atoms with Gasteiger partial charge < -0.3 is 24.8 Å². The molecule has 1 amide bonds. The lowest BCUT2D eigenvalue weighted by atomic mass is 9.71. The highest BCUT2D eigenvalue weighted by Gasteiger charge is 2.34. The lowest BCUT2D eigenvalue weighted by molar-refractivity contribution is -0.133. The molecular weight excluding hydrogens is 394 g/mol. The Balaban J connectivity index is 0.00000280. The lowest BCUT2D eigenvalue weighted by Crippen LogP contribution is -2.39. The first-order valence-corrected chi connectivity index (χ1v) is 9.24. The molecule has 0 unspecified atom stereocenters. The maximum atomic E-state index is 12.8. The molecule has 0 atom stereocenters. The number of ether oxygens (including phenoxy) is 3. The molecule has 2 N–H and O–H groups in total. The van der Waals surface area contributed by atoms with Crippen LogP contribution in [0.25, 0.3) is 0 Å². The molecule has 2 aliphatic rings. The first-order chi connectivity index (χ1) is 12.9. The Labute approximate surface area is 169 Å². The van der Waals surface area contributed by atoms with Gasteiger partial charge >= 0.3 is 6.61 Å². The molecule has 1 fully saturated rings. The van der Waals surface area contributed by atoms with Crippen LogP contribution in [-0.4, -0.2) is 37.8 Å². The van der Waals surface area contributed by atoms with E-state index in [9.17, 15) is 13.6 Å². The number of rotatable bonds is 7. The number of fused-ring (bicyclic) bond motifs is 1. The number of benzene rings is 1. The van der Waals surface area contributed by atoms with Gasteiger partial charge in [-0.25, -0.2) is 0 Å². The summed E-state index contributed by atoms with van der Waals surface area (Å²) in [6.45, 7) is -2.32. The van der Waals surface area contributed by atoms with Crippen molar-refractivity contribution in [3.05, 3.63) is 17.7 Å². The van der Waals surface area contributed by atoms with Crippen molar-refractivity contribution in [2.75, 3.05) is 20.4 Å². The van der Waals surface area contributed by atoms with Crippen molar-refractivity contribution in [3.8, 4) is 17.2 Å². The van der Waals surface area contributed by atoms with Crippen molar-refractivity contribution in [1.29, 1.82) is 0 Å². The Kier molecular flexibility index (Phi) is 7.71. The zero-order valence-electron chi connectivity index (χ0n) is 15.9.